The van der Waals surface area contributed by atoms with Gasteiger partial charge in [-0.05, 0) is 23.6 Å². The normalized spacial score (nSPS) is 22.8. The molecule has 20 heavy (non-hydrogen) atoms. The Morgan fingerprint density at radius 1 is 1.25 bits per heavy atom. The van der Waals surface area contributed by atoms with E-state index in [4.69, 9.17) is 14.6 Å². The Labute approximate surface area is 119 Å². The molecular formula is C15H21NO4. The highest BCUT2D eigenvalue weighted by Crippen LogP contribution is 2.27. The smallest absolute Gasteiger partial charge is 0.308 e. The molecule has 5 heteroatoms. The number of benzene rings is 1. The van der Waals surface area contributed by atoms with Gasteiger partial charge in [-0.15, -0.1) is 0 Å². The molecule has 0 spiro atoms. The summed E-state index contributed by atoms with van der Waals surface area (Å²) in [4.78, 5) is 13.3. The Bertz CT molecular complexity index is 467. The summed E-state index contributed by atoms with van der Waals surface area (Å²) in [5.41, 5.74) is 1.07. The van der Waals surface area contributed by atoms with Gasteiger partial charge in [0.1, 0.15) is 11.5 Å². The average molecular weight is 279 g/mol. The number of carboxylic acid groups (broad SMARTS) is 1. The molecule has 1 N–H and O–H groups in total. The highest BCUT2D eigenvalue weighted by molar-refractivity contribution is 5.71. The van der Waals surface area contributed by atoms with E-state index >= 15 is 0 Å². The molecule has 5 nitrogen and oxygen atoms in total. The predicted molar refractivity (Wildman–Crippen MR) is 75.1 cm³/mol. The lowest BCUT2D eigenvalue weighted by Crippen LogP contribution is -2.23. The zero-order chi connectivity index (χ0) is 14.7. The van der Waals surface area contributed by atoms with Gasteiger partial charge in [-0.2, -0.15) is 0 Å². The topological polar surface area (TPSA) is 59.0 Å². The van der Waals surface area contributed by atoms with Crippen molar-refractivity contribution in [1.29, 1.82) is 0 Å². The van der Waals surface area contributed by atoms with Gasteiger partial charge in [0.2, 0.25) is 0 Å². The van der Waals surface area contributed by atoms with Crippen molar-refractivity contribution < 1.29 is 19.4 Å². The Balaban J connectivity index is 2.09. The van der Waals surface area contributed by atoms with Crippen molar-refractivity contribution in [2.24, 2.45) is 11.8 Å². The summed E-state index contributed by atoms with van der Waals surface area (Å²) in [6.45, 7) is 4.10. The van der Waals surface area contributed by atoms with E-state index in [1.165, 1.54) is 0 Å². The third kappa shape index (κ3) is 3.22. The number of ether oxygens (including phenoxy) is 2. The van der Waals surface area contributed by atoms with E-state index in [0.717, 1.165) is 23.6 Å². The molecule has 1 aromatic rings. The van der Waals surface area contributed by atoms with Crippen LogP contribution in [0.4, 0.5) is 0 Å². The molecule has 0 aliphatic carbocycles. The second-order valence-corrected chi connectivity index (χ2v) is 5.34. The molecule has 1 heterocycles. The second-order valence-electron chi connectivity index (χ2n) is 5.34. The van der Waals surface area contributed by atoms with Crippen LogP contribution in [-0.4, -0.2) is 43.3 Å². The fourth-order valence-corrected chi connectivity index (χ4v) is 2.73. The number of rotatable bonds is 5. The minimum absolute atomic E-state index is 0.181. The van der Waals surface area contributed by atoms with E-state index in [9.17, 15) is 4.79 Å². The molecule has 0 radical (unpaired) electrons. The van der Waals surface area contributed by atoms with Gasteiger partial charge in [-0.3, -0.25) is 9.69 Å². The van der Waals surface area contributed by atoms with Gasteiger partial charge < -0.3 is 14.6 Å². The lowest BCUT2D eigenvalue weighted by Gasteiger charge is -2.16. The molecule has 0 bridgehead atoms. The Morgan fingerprint density at radius 3 is 2.30 bits per heavy atom. The summed E-state index contributed by atoms with van der Waals surface area (Å²) in [6, 6.07) is 5.75. The number of carbonyl (C=O) groups is 1. The van der Waals surface area contributed by atoms with E-state index in [-0.39, 0.29) is 11.8 Å². The predicted octanol–water partition coefficient (Wildman–Crippen LogP) is 1.86. The van der Waals surface area contributed by atoms with Crippen molar-refractivity contribution in [2.75, 3.05) is 27.3 Å². The Morgan fingerprint density at radius 2 is 1.85 bits per heavy atom. The molecule has 2 atom stereocenters. The van der Waals surface area contributed by atoms with Crippen LogP contribution in [0, 0.1) is 11.8 Å². The quantitative estimate of drug-likeness (QED) is 0.891. The summed E-state index contributed by atoms with van der Waals surface area (Å²) in [5.74, 6) is 0.702. The van der Waals surface area contributed by atoms with Crippen LogP contribution in [0.3, 0.4) is 0 Å². The minimum atomic E-state index is -0.705. The van der Waals surface area contributed by atoms with Crippen LogP contribution < -0.4 is 9.47 Å². The zero-order valence-corrected chi connectivity index (χ0v) is 12.1. The van der Waals surface area contributed by atoms with Gasteiger partial charge >= 0.3 is 5.97 Å². The van der Waals surface area contributed by atoms with Crippen molar-refractivity contribution in [3.8, 4) is 11.5 Å². The average Bonchev–Trinajstić information content (AvgIpc) is 2.79. The van der Waals surface area contributed by atoms with Gasteiger partial charge in [0.25, 0.3) is 0 Å². The SMILES string of the molecule is COc1cc(CN2C[C@@H](C)[C@H](C(=O)O)C2)cc(OC)c1. The van der Waals surface area contributed by atoms with Gasteiger partial charge in [0, 0.05) is 25.7 Å². The molecule has 1 aliphatic rings. The van der Waals surface area contributed by atoms with E-state index in [1.54, 1.807) is 14.2 Å². The van der Waals surface area contributed by atoms with Crippen LogP contribution in [-0.2, 0) is 11.3 Å². The first-order valence-corrected chi connectivity index (χ1v) is 6.70. The first-order valence-electron chi connectivity index (χ1n) is 6.70. The van der Waals surface area contributed by atoms with Crippen LogP contribution in [0.2, 0.25) is 0 Å². The first-order chi connectivity index (χ1) is 9.53. The minimum Gasteiger partial charge on any atom is -0.497 e. The van der Waals surface area contributed by atoms with Gasteiger partial charge in [-0.1, -0.05) is 6.92 Å². The van der Waals surface area contributed by atoms with Gasteiger partial charge in [0.15, 0.2) is 0 Å². The third-order valence-electron chi connectivity index (χ3n) is 3.82. The van der Waals surface area contributed by atoms with Gasteiger partial charge in [0.05, 0.1) is 20.1 Å². The summed E-state index contributed by atoms with van der Waals surface area (Å²) in [7, 11) is 3.24. The number of nitrogens with zero attached hydrogens (tertiary/aromatic N) is 1. The van der Waals surface area contributed by atoms with Gasteiger partial charge in [-0.25, -0.2) is 0 Å². The third-order valence-corrected chi connectivity index (χ3v) is 3.82. The molecule has 1 saturated heterocycles. The van der Waals surface area contributed by atoms with Crippen LogP contribution in [0.1, 0.15) is 12.5 Å². The number of carboxylic acids is 1. The fourth-order valence-electron chi connectivity index (χ4n) is 2.73. The van der Waals surface area contributed by atoms with Crippen molar-refractivity contribution in [1.82, 2.24) is 4.90 Å². The largest absolute Gasteiger partial charge is 0.497 e. The van der Waals surface area contributed by atoms with Crippen LogP contribution in [0.25, 0.3) is 0 Å². The number of likely N-dealkylation sites (tertiary alicyclic amines) is 1. The molecule has 0 saturated carbocycles. The number of hydrogen-bond acceptors (Lipinski definition) is 4. The van der Waals surface area contributed by atoms with E-state index in [2.05, 4.69) is 4.90 Å². The van der Waals surface area contributed by atoms with E-state index in [1.807, 2.05) is 25.1 Å². The maximum absolute atomic E-state index is 11.1. The molecule has 1 fully saturated rings. The first kappa shape index (κ1) is 14.7. The molecule has 110 valence electrons. The van der Waals surface area contributed by atoms with Crippen LogP contribution in [0.15, 0.2) is 18.2 Å². The number of aliphatic carboxylic acids is 1. The molecule has 1 aliphatic heterocycles. The molecular weight excluding hydrogens is 258 g/mol. The monoisotopic (exact) mass is 279 g/mol. The molecule has 2 rings (SSSR count). The maximum atomic E-state index is 11.1. The molecule has 0 amide bonds. The lowest BCUT2D eigenvalue weighted by atomic mass is 9.99. The fraction of sp³-hybridized carbons (Fsp3) is 0.533. The molecule has 0 aromatic heterocycles. The van der Waals surface area contributed by atoms with Crippen LogP contribution >= 0.6 is 0 Å². The van der Waals surface area contributed by atoms with Crippen molar-refractivity contribution in [3.63, 3.8) is 0 Å². The second kappa shape index (κ2) is 6.13. The maximum Gasteiger partial charge on any atom is 0.308 e. The van der Waals surface area contributed by atoms with E-state index in [0.29, 0.717) is 13.1 Å². The Kier molecular flexibility index (Phi) is 4.49. The Hall–Kier alpha value is -1.75. The standard InChI is InChI=1S/C15H21NO4/c1-10-7-16(9-14(10)15(17)18)8-11-4-12(19-2)6-13(5-11)20-3/h4-6,10,14H,7-9H2,1-3H3,(H,17,18)/t10-,14-/m1/s1. The highest BCUT2D eigenvalue weighted by atomic mass is 16.5. The van der Waals surface area contributed by atoms with E-state index < -0.39 is 5.97 Å². The molecule has 1 aromatic carbocycles. The lowest BCUT2D eigenvalue weighted by molar-refractivity contribution is -0.142. The summed E-state index contributed by atoms with van der Waals surface area (Å²) >= 11 is 0. The summed E-state index contributed by atoms with van der Waals surface area (Å²) in [6.07, 6.45) is 0. The van der Waals surface area contributed by atoms with Crippen LogP contribution in [0.5, 0.6) is 11.5 Å². The highest BCUT2D eigenvalue weighted by Gasteiger charge is 2.34. The number of hydrogen-bond donors (Lipinski definition) is 1. The van der Waals surface area contributed by atoms with Crippen molar-refractivity contribution in [3.05, 3.63) is 23.8 Å². The number of methoxy groups -OCH3 is 2. The summed E-state index contributed by atoms with van der Waals surface area (Å²) < 4.78 is 10.5. The summed E-state index contributed by atoms with van der Waals surface area (Å²) in [5, 5.41) is 9.17. The van der Waals surface area contributed by atoms with Crippen molar-refractivity contribution in [2.45, 2.75) is 13.5 Å². The molecule has 0 unspecified atom stereocenters. The van der Waals surface area contributed by atoms with Crippen molar-refractivity contribution >= 4 is 5.97 Å². The zero-order valence-electron chi connectivity index (χ0n) is 12.1.